The molecule has 0 radical (unpaired) electrons. The van der Waals surface area contributed by atoms with E-state index in [1.165, 1.54) is 64.5 Å². The Morgan fingerprint density at radius 2 is 1.11 bits per heavy atom. The summed E-state index contributed by atoms with van der Waals surface area (Å²) in [6.45, 7) is 11.9. The summed E-state index contributed by atoms with van der Waals surface area (Å²) in [6.07, 6.45) is 11.0. The van der Waals surface area contributed by atoms with Gasteiger partial charge in [0.15, 0.2) is 0 Å². The lowest BCUT2D eigenvalue weighted by Crippen LogP contribution is -2.30. The van der Waals surface area contributed by atoms with Crippen molar-refractivity contribution in [3.8, 4) is 0 Å². The molecule has 0 saturated heterocycles. The summed E-state index contributed by atoms with van der Waals surface area (Å²) in [7, 11) is 2.32. The average molecular weight is 383 g/mol. The largest absolute Gasteiger partial charge is 0.306 e. The van der Waals surface area contributed by atoms with Gasteiger partial charge in [0.1, 0.15) is 0 Å². The second-order valence-corrected chi connectivity index (χ2v) is 6.05. The van der Waals surface area contributed by atoms with Crippen LogP contribution < -0.4 is 0 Å². The van der Waals surface area contributed by atoms with Crippen LogP contribution in [-0.2, 0) is 0 Å². The van der Waals surface area contributed by atoms with Crippen molar-refractivity contribution in [3.63, 3.8) is 0 Å². The van der Waals surface area contributed by atoms with E-state index in [0.717, 1.165) is 11.8 Å². The smallest absolute Gasteiger partial charge is 0.000662 e. The molecule has 0 heterocycles. The molecule has 0 aliphatic heterocycles. The van der Waals surface area contributed by atoms with Crippen molar-refractivity contribution in [3.05, 3.63) is 0 Å². The first kappa shape index (κ1) is 22.0. The van der Waals surface area contributed by atoms with Gasteiger partial charge in [-0.3, -0.25) is 0 Å². The van der Waals surface area contributed by atoms with Gasteiger partial charge in [0.05, 0.1) is 0 Å². The van der Waals surface area contributed by atoms with Crippen LogP contribution in [0.25, 0.3) is 0 Å². The molecule has 0 aromatic heterocycles. The summed E-state index contributed by atoms with van der Waals surface area (Å²) in [4.78, 5) is 2.59. The minimum absolute atomic E-state index is 0. The first-order valence-corrected chi connectivity index (χ1v) is 8.36. The highest BCUT2D eigenvalue weighted by atomic mass is 127. The molecule has 0 aliphatic rings. The Hall–Kier alpha value is 0.690. The summed E-state index contributed by atoms with van der Waals surface area (Å²) in [5.74, 6) is 1.83. The predicted molar refractivity (Wildman–Crippen MR) is 99.5 cm³/mol. The minimum atomic E-state index is 0. The summed E-state index contributed by atoms with van der Waals surface area (Å²) in [5, 5.41) is 0. The van der Waals surface area contributed by atoms with Gasteiger partial charge >= 0.3 is 0 Å². The van der Waals surface area contributed by atoms with E-state index >= 15 is 0 Å². The van der Waals surface area contributed by atoms with Crippen LogP contribution in [0.3, 0.4) is 0 Å². The van der Waals surface area contributed by atoms with E-state index in [-0.39, 0.29) is 24.0 Å². The molecule has 0 aromatic carbocycles. The van der Waals surface area contributed by atoms with Gasteiger partial charge in [-0.25, -0.2) is 0 Å². The molecule has 2 heteroatoms. The van der Waals surface area contributed by atoms with Gasteiger partial charge in [0, 0.05) is 13.1 Å². The molecule has 0 fully saturated rings. The fourth-order valence-corrected chi connectivity index (χ4v) is 2.79. The summed E-state index contributed by atoms with van der Waals surface area (Å²) < 4.78 is 0. The molecule has 0 aromatic rings. The van der Waals surface area contributed by atoms with Gasteiger partial charge in [-0.05, 0) is 31.7 Å². The van der Waals surface area contributed by atoms with Gasteiger partial charge in [-0.15, -0.1) is 24.0 Å². The SMILES string of the molecule is CCCCC(CC)CN(C)CC(CC)CCCC.I. The maximum absolute atomic E-state index is 2.59. The highest BCUT2D eigenvalue weighted by molar-refractivity contribution is 14.0. The van der Waals surface area contributed by atoms with Gasteiger partial charge in [-0.2, -0.15) is 0 Å². The first-order chi connectivity index (χ1) is 8.67. The second kappa shape index (κ2) is 15.1. The normalized spacial score (nSPS) is 14.2. The lowest BCUT2D eigenvalue weighted by molar-refractivity contribution is 0.216. The predicted octanol–water partition coefficient (Wildman–Crippen LogP) is 5.97. The standard InChI is InChI=1S/C17H37N.HI/c1-6-10-12-16(8-3)14-18(5)15-17(9-4)13-11-7-2;/h16-17H,6-15H2,1-5H3;1H. The van der Waals surface area contributed by atoms with Crippen LogP contribution in [0.1, 0.15) is 79.1 Å². The Morgan fingerprint density at radius 1 is 0.737 bits per heavy atom. The van der Waals surface area contributed by atoms with E-state index in [1.807, 2.05) is 0 Å². The molecule has 0 amide bonds. The van der Waals surface area contributed by atoms with Crippen molar-refractivity contribution in [2.75, 3.05) is 20.1 Å². The minimum Gasteiger partial charge on any atom is -0.306 e. The molecule has 19 heavy (non-hydrogen) atoms. The van der Waals surface area contributed by atoms with Gasteiger partial charge in [0.2, 0.25) is 0 Å². The van der Waals surface area contributed by atoms with Crippen LogP contribution in [0.15, 0.2) is 0 Å². The van der Waals surface area contributed by atoms with Crippen LogP contribution in [0, 0.1) is 11.8 Å². The molecule has 2 unspecified atom stereocenters. The number of hydrogen-bond acceptors (Lipinski definition) is 1. The number of halogens is 1. The van der Waals surface area contributed by atoms with Crippen molar-refractivity contribution >= 4 is 24.0 Å². The van der Waals surface area contributed by atoms with Crippen molar-refractivity contribution in [2.45, 2.75) is 79.1 Å². The third kappa shape index (κ3) is 12.2. The fourth-order valence-electron chi connectivity index (χ4n) is 2.79. The molecule has 2 atom stereocenters. The third-order valence-corrected chi connectivity index (χ3v) is 4.23. The summed E-state index contributed by atoms with van der Waals surface area (Å²) in [6, 6.07) is 0. The Kier molecular flexibility index (Phi) is 17.5. The van der Waals surface area contributed by atoms with E-state index in [1.54, 1.807) is 0 Å². The Morgan fingerprint density at radius 3 is 1.37 bits per heavy atom. The molecule has 1 nitrogen and oxygen atoms in total. The van der Waals surface area contributed by atoms with Crippen molar-refractivity contribution < 1.29 is 0 Å². The number of unbranched alkanes of at least 4 members (excludes halogenated alkanes) is 2. The highest BCUT2D eigenvalue weighted by Crippen LogP contribution is 2.17. The van der Waals surface area contributed by atoms with E-state index in [4.69, 9.17) is 0 Å². The van der Waals surface area contributed by atoms with E-state index in [9.17, 15) is 0 Å². The fraction of sp³-hybridized carbons (Fsp3) is 1.00. The molecule has 0 bridgehead atoms. The summed E-state index contributed by atoms with van der Waals surface area (Å²) in [5.41, 5.74) is 0. The van der Waals surface area contributed by atoms with Crippen LogP contribution >= 0.6 is 24.0 Å². The zero-order valence-corrected chi connectivity index (χ0v) is 16.4. The van der Waals surface area contributed by atoms with Gasteiger partial charge < -0.3 is 4.90 Å². The second-order valence-electron chi connectivity index (χ2n) is 6.05. The van der Waals surface area contributed by atoms with E-state index in [0.29, 0.717) is 0 Å². The first-order valence-electron chi connectivity index (χ1n) is 8.36. The Labute approximate surface area is 139 Å². The lowest BCUT2D eigenvalue weighted by atomic mass is 9.96. The van der Waals surface area contributed by atoms with Crippen LogP contribution in [0.5, 0.6) is 0 Å². The quantitative estimate of drug-likeness (QED) is 0.375. The number of nitrogens with zero attached hydrogens (tertiary/aromatic N) is 1. The molecule has 0 spiro atoms. The lowest BCUT2D eigenvalue weighted by Gasteiger charge is -2.27. The topological polar surface area (TPSA) is 3.24 Å². The molecular weight excluding hydrogens is 345 g/mol. The molecule has 0 aliphatic carbocycles. The Bertz CT molecular complexity index is 155. The van der Waals surface area contributed by atoms with Gasteiger partial charge in [-0.1, -0.05) is 66.2 Å². The van der Waals surface area contributed by atoms with Crippen molar-refractivity contribution in [2.24, 2.45) is 11.8 Å². The third-order valence-electron chi connectivity index (χ3n) is 4.23. The molecule has 0 rings (SSSR count). The van der Waals surface area contributed by atoms with E-state index < -0.39 is 0 Å². The van der Waals surface area contributed by atoms with Crippen LogP contribution in [0.4, 0.5) is 0 Å². The van der Waals surface area contributed by atoms with Crippen LogP contribution in [0.2, 0.25) is 0 Å². The number of hydrogen-bond donors (Lipinski definition) is 0. The highest BCUT2D eigenvalue weighted by Gasteiger charge is 2.13. The zero-order valence-electron chi connectivity index (χ0n) is 14.1. The molecular formula is C17H38IN. The Balaban J connectivity index is 0. The average Bonchev–Trinajstić information content (AvgIpc) is 2.39. The molecule has 0 N–H and O–H groups in total. The summed E-state index contributed by atoms with van der Waals surface area (Å²) >= 11 is 0. The van der Waals surface area contributed by atoms with Crippen LogP contribution in [-0.4, -0.2) is 25.0 Å². The molecule has 118 valence electrons. The zero-order chi connectivity index (χ0) is 13.8. The number of rotatable bonds is 12. The van der Waals surface area contributed by atoms with E-state index in [2.05, 4.69) is 39.6 Å². The molecule has 0 saturated carbocycles. The van der Waals surface area contributed by atoms with Crippen molar-refractivity contribution in [1.82, 2.24) is 4.90 Å². The van der Waals surface area contributed by atoms with Gasteiger partial charge in [0.25, 0.3) is 0 Å². The maximum Gasteiger partial charge on any atom is 0.000662 e. The maximum atomic E-state index is 2.59. The van der Waals surface area contributed by atoms with Crippen molar-refractivity contribution in [1.29, 1.82) is 0 Å². The monoisotopic (exact) mass is 383 g/mol.